The molecule has 0 spiro atoms. The van der Waals surface area contributed by atoms with Gasteiger partial charge in [0.05, 0.1) is 10.6 Å². The Hall–Kier alpha value is -0.970. The van der Waals surface area contributed by atoms with E-state index in [2.05, 4.69) is 20.9 Å². The molecule has 18 heavy (non-hydrogen) atoms. The molecule has 1 aromatic carbocycles. The SMILES string of the molecule is OC(Cc1ccc(F)c(Br)c1)c1ccnc(Cl)c1. The van der Waals surface area contributed by atoms with Gasteiger partial charge in [-0.2, -0.15) is 0 Å². The van der Waals surface area contributed by atoms with Crippen molar-refractivity contribution >= 4 is 27.5 Å². The van der Waals surface area contributed by atoms with E-state index in [1.165, 1.54) is 6.07 Å². The molecule has 0 saturated carbocycles. The fourth-order valence-electron chi connectivity index (χ4n) is 1.63. The predicted molar refractivity (Wildman–Crippen MR) is 72.0 cm³/mol. The average molecular weight is 331 g/mol. The number of nitrogens with zero attached hydrogens (tertiary/aromatic N) is 1. The van der Waals surface area contributed by atoms with E-state index < -0.39 is 6.10 Å². The lowest BCUT2D eigenvalue weighted by Crippen LogP contribution is -2.02. The lowest BCUT2D eigenvalue weighted by molar-refractivity contribution is 0.178. The van der Waals surface area contributed by atoms with Crippen LogP contribution in [0.4, 0.5) is 4.39 Å². The van der Waals surface area contributed by atoms with Crippen molar-refractivity contribution in [2.24, 2.45) is 0 Å². The topological polar surface area (TPSA) is 33.1 Å². The molecule has 1 atom stereocenters. The van der Waals surface area contributed by atoms with Crippen molar-refractivity contribution in [3.05, 3.63) is 63.1 Å². The molecule has 0 bridgehead atoms. The number of aliphatic hydroxyl groups is 1. The number of aromatic nitrogens is 1. The van der Waals surface area contributed by atoms with Gasteiger partial charge in [-0.25, -0.2) is 9.37 Å². The number of rotatable bonds is 3. The Morgan fingerprint density at radius 2 is 2.11 bits per heavy atom. The van der Waals surface area contributed by atoms with Crippen LogP contribution in [0.25, 0.3) is 0 Å². The van der Waals surface area contributed by atoms with E-state index in [0.717, 1.165) is 5.56 Å². The summed E-state index contributed by atoms with van der Waals surface area (Å²) >= 11 is 8.87. The molecule has 2 rings (SSSR count). The fourth-order valence-corrected chi connectivity index (χ4v) is 2.24. The number of hydrogen-bond acceptors (Lipinski definition) is 2. The Kier molecular flexibility index (Phi) is 4.32. The van der Waals surface area contributed by atoms with Gasteiger partial charge in [-0.3, -0.25) is 0 Å². The molecule has 2 nitrogen and oxygen atoms in total. The zero-order valence-electron chi connectivity index (χ0n) is 9.28. The molecular formula is C13H10BrClFNO. The highest BCUT2D eigenvalue weighted by Crippen LogP contribution is 2.23. The van der Waals surface area contributed by atoms with Gasteiger partial charge in [-0.1, -0.05) is 17.7 Å². The van der Waals surface area contributed by atoms with Crippen LogP contribution < -0.4 is 0 Å². The van der Waals surface area contributed by atoms with Crippen LogP contribution in [0.5, 0.6) is 0 Å². The normalized spacial score (nSPS) is 12.4. The highest BCUT2D eigenvalue weighted by atomic mass is 79.9. The number of benzene rings is 1. The van der Waals surface area contributed by atoms with E-state index >= 15 is 0 Å². The van der Waals surface area contributed by atoms with Crippen molar-refractivity contribution in [1.29, 1.82) is 0 Å². The van der Waals surface area contributed by atoms with Crippen molar-refractivity contribution in [3.63, 3.8) is 0 Å². The molecule has 0 aliphatic heterocycles. The summed E-state index contributed by atoms with van der Waals surface area (Å²) in [7, 11) is 0. The van der Waals surface area contributed by atoms with Crippen molar-refractivity contribution in [2.45, 2.75) is 12.5 Å². The van der Waals surface area contributed by atoms with Crippen molar-refractivity contribution in [2.75, 3.05) is 0 Å². The summed E-state index contributed by atoms with van der Waals surface area (Å²) in [4.78, 5) is 3.85. The lowest BCUT2D eigenvalue weighted by atomic mass is 10.0. The van der Waals surface area contributed by atoms with Gasteiger partial charge in [0.25, 0.3) is 0 Å². The molecule has 1 unspecified atom stereocenters. The minimum absolute atomic E-state index is 0.319. The standard InChI is InChI=1S/C13H10BrClFNO/c14-10-5-8(1-2-11(10)16)6-12(18)9-3-4-17-13(15)7-9/h1-5,7,12,18H,6H2. The second-order valence-corrected chi connectivity index (χ2v) is 5.12. The van der Waals surface area contributed by atoms with Crippen LogP contribution in [0.15, 0.2) is 41.0 Å². The van der Waals surface area contributed by atoms with Gasteiger partial charge in [-0.05, 0) is 51.3 Å². The van der Waals surface area contributed by atoms with E-state index in [0.29, 0.717) is 21.6 Å². The quantitative estimate of drug-likeness (QED) is 0.866. The Labute approximate surface area is 118 Å². The highest BCUT2D eigenvalue weighted by Gasteiger charge is 2.10. The number of pyridine rings is 1. The third kappa shape index (κ3) is 3.28. The second kappa shape index (κ2) is 5.78. The fraction of sp³-hybridized carbons (Fsp3) is 0.154. The Morgan fingerprint density at radius 3 is 2.78 bits per heavy atom. The summed E-state index contributed by atoms with van der Waals surface area (Å²) in [6.45, 7) is 0. The van der Waals surface area contributed by atoms with Gasteiger partial charge in [0, 0.05) is 12.6 Å². The molecule has 1 N–H and O–H groups in total. The van der Waals surface area contributed by atoms with Crippen LogP contribution in [-0.4, -0.2) is 10.1 Å². The van der Waals surface area contributed by atoms with Crippen LogP contribution >= 0.6 is 27.5 Å². The van der Waals surface area contributed by atoms with Crippen molar-refractivity contribution in [3.8, 4) is 0 Å². The minimum atomic E-state index is -0.692. The summed E-state index contributed by atoms with van der Waals surface area (Å²) in [6, 6.07) is 7.99. The van der Waals surface area contributed by atoms with E-state index in [1.807, 2.05) is 0 Å². The smallest absolute Gasteiger partial charge is 0.137 e. The van der Waals surface area contributed by atoms with Gasteiger partial charge >= 0.3 is 0 Å². The van der Waals surface area contributed by atoms with E-state index in [1.54, 1.807) is 30.5 Å². The summed E-state index contributed by atoms with van der Waals surface area (Å²) in [5, 5.41) is 10.4. The third-order valence-corrected chi connectivity index (χ3v) is 3.36. The Morgan fingerprint density at radius 1 is 1.33 bits per heavy atom. The van der Waals surface area contributed by atoms with E-state index in [4.69, 9.17) is 11.6 Å². The number of aliphatic hydroxyl groups excluding tert-OH is 1. The second-order valence-electron chi connectivity index (χ2n) is 3.88. The maximum atomic E-state index is 13.1. The molecule has 0 amide bonds. The van der Waals surface area contributed by atoms with E-state index in [-0.39, 0.29) is 5.82 Å². The van der Waals surface area contributed by atoms with Crippen LogP contribution in [0.1, 0.15) is 17.2 Å². The molecule has 1 aromatic heterocycles. The number of hydrogen-bond donors (Lipinski definition) is 1. The first-order valence-corrected chi connectivity index (χ1v) is 6.47. The van der Waals surface area contributed by atoms with Gasteiger partial charge in [-0.15, -0.1) is 0 Å². The average Bonchev–Trinajstić information content (AvgIpc) is 2.34. The summed E-state index contributed by atoms with van der Waals surface area (Å²) < 4.78 is 13.5. The van der Waals surface area contributed by atoms with Crippen LogP contribution in [-0.2, 0) is 6.42 Å². The van der Waals surface area contributed by atoms with Gasteiger partial charge < -0.3 is 5.11 Å². The molecule has 0 fully saturated rings. The summed E-state index contributed by atoms with van der Waals surface area (Å²) in [5.74, 6) is -0.319. The van der Waals surface area contributed by atoms with Crippen LogP contribution in [0.2, 0.25) is 5.15 Å². The first kappa shape index (κ1) is 13.5. The Balaban J connectivity index is 2.16. The molecular weight excluding hydrogens is 321 g/mol. The predicted octanol–water partition coefficient (Wildman–Crippen LogP) is 3.91. The molecule has 5 heteroatoms. The Bertz CT molecular complexity index is 564. The molecule has 0 saturated heterocycles. The lowest BCUT2D eigenvalue weighted by Gasteiger charge is -2.11. The molecule has 0 radical (unpaired) electrons. The van der Waals surface area contributed by atoms with E-state index in [9.17, 15) is 9.50 Å². The summed E-state index contributed by atoms with van der Waals surface area (Å²) in [5.41, 5.74) is 1.53. The highest BCUT2D eigenvalue weighted by molar-refractivity contribution is 9.10. The first-order valence-electron chi connectivity index (χ1n) is 5.29. The largest absolute Gasteiger partial charge is 0.388 e. The first-order chi connectivity index (χ1) is 8.56. The monoisotopic (exact) mass is 329 g/mol. The van der Waals surface area contributed by atoms with Crippen molar-refractivity contribution < 1.29 is 9.50 Å². The minimum Gasteiger partial charge on any atom is -0.388 e. The van der Waals surface area contributed by atoms with Gasteiger partial charge in [0.1, 0.15) is 11.0 Å². The molecule has 0 aliphatic rings. The molecule has 2 aromatic rings. The van der Waals surface area contributed by atoms with Gasteiger partial charge in [0.15, 0.2) is 0 Å². The molecule has 1 heterocycles. The zero-order chi connectivity index (χ0) is 13.1. The molecule has 94 valence electrons. The van der Waals surface area contributed by atoms with Crippen LogP contribution in [0, 0.1) is 5.82 Å². The number of halogens is 3. The molecule has 0 aliphatic carbocycles. The van der Waals surface area contributed by atoms with Crippen LogP contribution in [0.3, 0.4) is 0 Å². The summed E-state index contributed by atoms with van der Waals surface area (Å²) in [6.07, 6.45) is 1.24. The third-order valence-electron chi connectivity index (χ3n) is 2.55. The van der Waals surface area contributed by atoms with Gasteiger partial charge in [0.2, 0.25) is 0 Å². The maximum absolute atomic E-state index is 13.1. The zero-order valence-corrected chi connectivity index (χ0v) is 11.6. The maximum Gasteiger partial charge on any atom is 0.137 e. The van der Waals surface area contributed by atoms with Crippen molar-refractivity contribution in [1.82, 2.24) is 4.98 Å².